The molecule has 0 aliphatic rings. The van der Waals surface area contributed by atoms with Gasteiger partial charge in [0.05, 0.1) is 11.3 Å². The quantitative estimate of drug-likeness (QED) is 0.663. The van der Waals surface area contributed by atoms with Gasteiger partial charge in [0, 0.05) is 11.1 Å². The number of hydrogen-bond donors (Lipinski definition) is 2. The van der Waals surface area contributed by atoms with Gasteiger partial charge in [0.2, 0.25) is 5.82 Å². The second-order valence-corrected chi connectivity index (χ2v) is 4.84. The zero-order valence-electron chi connectivity index (χ0n) is 11.1. The first-order valence-electron chi connectivity index (χ1n) is 5.81. The molecule has 0 fully saturated rings. The van der Waals surface area contributed by atoms with E-state index in [0.717, 1.165) is 12.3 Å². The van der Waals surface area contributed by atoms with Gasteiger partial charge in [-0.1, -0.05) is 0 Å². The highest BCUT2D eigenvalue weighted by molar-refractivity contribution is 7.98. The van der Waals surface area contributed by atoms with Crippen molar-refractivity contribution in [3.05, 3.63) is 35.8 Å². The summed E-state index contributed by atoms with van der Waals surface area (Å²) in [4.78, 5) is 0.487. The topological polar surface area (TPSA) is 90.3 Å². The second-order valence-electron chi connectivity index (χ2n) is 3.96. The molecule has 0 aliphatic carbocycles. The van der Waals surface area contributed by atoms with E-state index in [-0.39, 0.29) is 17.1 Å². The Hall–Kier alpha value is -2.54. The third-order valence-corrected chi connectivity index (χ3v) is 3.34. The van der Waals surface area contributed by atoms with Gasteiger partial charge < -0.3 is 5.32 Å². The lowest BCUT2D eigenvalue weighted by Crippen LogP contribution is -2.09. The number of nitrogens with one attached hydrogen (secondary N) is 2. The molecule has 1 heterocycles. The third kappa shape index (κ3) is 3.56. The van der Waals surface area contributed by atoms with E-state index in [1.54, 1.807) is 18.4 Å². The van der Waals surface area contributed by atoms with Crippen molar-refractivity contribution in [3.63, 3.8) is 0 Å². The minimum absolute atomic E-state index is 0.00991. The van der Waals surface area contributed by atoms with Gasteiger partial charge in [-0.15, -0.1) is 22.0 Å². The summed E-state index contributed by atoms with van der Waals surface area (Å²) in [6, 6.07) is 5.68. The monoisotopic (exact) mass is 326 g/mol. The van der Waals surface area contributed by atoms with Crippen LogP contribution in [0.1, 0.15) is 11.4 Å². The molecule has 0 aliphatic heterocycles. The lowest BCUT2D eigenvalue weighted by atomic mass is 10.1. The molecule has 2 N–H and O–H groups in total. The largest absolute Gasteiger partial charge is 0.418 e. The molecule has 0 unspecified atom stereocenters. The number of rotatable bonds is 4. The summed E-state index contributed by atoms with van der Waals surface area (Å²) in [5.41, 5.74) is -1.03. The van der Waals surface area contributed by atoms with Gasteiger partial charge in [-0.2, -0.15) is 23.6 Å². The fraction of sp³-hybridized carbons (Fsp3) is 0.167. The molecule has 0 amide bonds. The number of benzene rings is 1. The Balaban J connectivity index is 2.35. The molecule has 0 saturated carbocycles. The third-order valence-electron chi connectivity index (χ3n) is 2.61. The molecule has 1 aromatic carbocycles. The van der Waals surface area contributed by atoms with Crippen LogP contribution in [-0.2, 0) is 6.18 Å². The van der Waals surface area contributed by atoms with E-state index >= 15 is 0 Å². The van der Waals surface area contributed by atoms with Crippen LogP contribution in [0.15, 0.2) is 29.3 Å². The number of halogens is 3. The van der Waals surface area contributed by atoms with Crippen LogP contribution in [0.2, 0.25) is 0 Å². The van der Waals surface area contributed by atoms with Crippen molar-refractivity contribution in [2.24, 2.45) is 0 Å². The Morgan fingerprint density at radius 2 is 2.23 bits per heavy atom. The highest BCUT2D eigenvalue weighted by Crippen LogP contribution is 2.37. The van der Waals surface area contributed by atoms with E-state index in [2.05, 4.69) is 25.9 Å². The van der Waals surface area contributed by atoms with Gasteiger partial charge in [-0.3, -0.25) is 0 Å². The van der Waals surface area contributed by atoms with Gasteiger partial charge in [-0.05, 0) is 29.7 Å². The van der Waals surface area contributed by atoms with Crippen molar-refractivity contribution in [1.29, 1.82) is 5.26 Å². The van der Waals surface area contributed by atoms with Crippen LogP contribution < -0.4 is 5.32 Å². The van der Waals surface area contributed by atoms with Gasteiger partial charge in [-0.25, -0.2) is 0 Å². The van der Waals surface area contributed by atoms with Crippen LogP contribution in [0.4, 0.5) is 18.9 Å². The number of nitrogens with zero attached hydrogens (tertiary/aromatic N) is 4. The summed E-state index contributed by atoms with van der Waals surface area (Å²) in [5, 5.41) is 24.1. The molecule has 0 atom stereocenters. The fourth-order valence-corrected chi connectivity index (χ4v) is 2.02. The van der Waals surface area contributed by atoms with Gasteiger partial charge in [0.1, 0.15) is 11.6 Å². The van der Waals surface area contributed by atoms with Crippen LogP contribution in [0.25, 0.3) is 5.57 Å². The molecule has 6 nitrogen and oxygen atoms in total. The van der Waals surface area contributed by atoms with Gasteiger partial charge in [0.25, 0.3) is 0 Å². The molecule has 0 spiro atoms. The predicted molar refractivity (Wildman–Crippen MR) is 74.6 cm³/mol. The molecular formula is C12H9F3N6S. The number of thioether (sulfide) groups is 1. The first kappa shape index (κ1) is 15.8. The maximum absolute atomic E-state index is 13.1. The summed E-state index contributed by atoms with van der Waals surface area (Å²) in [7, 11) is 0. The first-order chi connectivity index (χ1) is 10.5. The molecule has 22 heavy (non-hydrogen) atoms. The maximum Gasteiger partial charge on any atom is 0.418 e. The van der Waals surface area contributed by atoms with E-state index in [0.29, 0.717) is 4.90 Å². The smallest absolute Gasteiger partial charge is 0.360 e. The Kier molecular flexibility index (Phi) is 4.67. The molecule has 0 saturated heterocycles. The number of tetrazole rings is 1. The van der Waals surface area contributed by atoms with Crippen molar-refractivity contribution < 1.29 is 13.2 Å². The van der Waals surface area contributed by atoms with E-state index in [9.17, 15) is 13.2 Å². The lowest BCUT2D eigenvalue weighted by molar-refractivity contribution is -0.137. The summed E-state index contributed by atoms with van der Waals surface area (Å²) < 4.78 is 39.2. The normalized spacial score (nSPS) is 12.0. The van der Waals surface area contributed by atoms with Crippen LogP contribution in [0, 0.1) is 11.3 Å². The van der Waals surface area contributed by atoms with Crippen LogP contribution >= 0.6 is 11.8 Å². The van der Waals surface area contributed by atoms with Crippen molar-refractivity contribution in [3.8, 4) is 6.07 Å². The predicted octanol–water partition coefficient (Wildman–Crippen LogP) is 2.92. The van der Waals surface area contributed by atoms with E-state index in [1.165, 1.54) is 17.8 Å². The molecule has 0 radical (unpaired) electrons. The molecule has 1 aromatic heterocycles. The van der Waals surface area contributed by atoms with Crippen molar-refractivity contribution in [1.82, 2.24) is 20.6 Å². The highest BCUT2D eigenvalue weighted by Gasteiger charge is 2.33. The van der Waals surface area contributed by atoms with E-state index in [4.69, 9.17) is 5.26 Å². The van der Waals surface area contributed by atoms with Crippen molar-refractivity contribution in [2.75, 3.05) is 11.6 Å². The molecule has 0 bridgehead atoms. The van der Waals surface area contributed by atoms with Gasteiger partial charge in [0.15, 0.2) is 0 Å². The second kappa shape index (κ2) is 6.48. The fourth-order valence-electron chi connectivity index (χ4n) is 1.58. The average molecular weight is 326 g/mol. The SMILES string of the molecule is CSc1ccc(NC=C(C#N)c2nn[nH]n2)c(C(F)(F)F)c1. The number of hydrogen-bond acceptors (Lipinski definition) is 6. The van der Waals surface area contributed by atoms with Crippen molar-refractivity contribution in [2.45, 2.75) is 11.1 Å². The molecule has 10 heteroatoms. The Morgan fingerprint density at radius 1 is 1.45 bits per heavy atom. The number of nitriles is 1. The van der Waals surface area contributed by atoms with E-state index in [1.807, 2.05) is 0 Å². The zero-order chi connectivity index (χ0) is 16.2. The van der Waals surface area contributed by atoms with E-state index < -0.39 is 11.7 Å². The number of aromatic nitrogens is 4. The zero-order valence-corrected chi connectivity index (χ0v) is 12.0. The van der Waals surface area contributed by atoms with Crippen LogP contribution in [0.5, 0.6) is 0 Å². The maximum atomic E-state index is 13.1. The molecule has 114 valence electrons. The van der Waals surface area contributed by atoms with Crippen LogP contribution in [-0.4, -0.2) is 26.9 Å². The number of anilines is 1. The number of allylic oxidation sites excluding steroid dienone is 1. The highest BCUT2D eigenvalue weighted by atomic mass is 32.2. The Morgan fingerprint density at radius 3 is 2.77 bits per heavy atom. The number of alkyl halides is 3. The van der Waals surface area contributed by atoms with Crippen molar-refractivity contribution >= 4 is 23.0 Å². The summed E-state index contributed by atoms with van der Waals surface area (Å²) >= 11 is 1.21. The van der Waals surface area contributed by atoms with Crippen LogP contribution in [0.3, 0.4) is 0 Å². The minimum Gasteiger partial charge on any atom is -0.360 e. The molecular weight excluding hydrogens is 317 g/mol. The average Bonchev–Trinajstić information content (AvgIpc) is 3.01. The number of aromatic amines is 1. The van der Waals surface area contributed by atoms with Gasteiger partial charge >= 0.3 is 6.18 Å². The Labute approximate surface area is 127 Å². The summed E-state index contributed by atoms with van der Waals surface area (Å²) in [6.07, 6.45) is -1.72. The standard InChI is InChI=1S/C12H9F3N6S/c1-22-8-2-3-10(9(4-8)12(13,14)15)17-6-7(5-16)11-18-20-21-19-11/h2-4,6,17H,1H3,(H,18,19,20,21). The minimum atomic E-state index is -4.51. The Bertz CT molecular complexity index is 717. The lowest BCUT2D eigenvalue weighted by Gasteiger charge is -2.14. The molecule has 2 aromatic rings. The number of H-pyrrole nitrogens is 1. The summed E-state index contributed by atoms with van der Waals surface area (Å²) in [6.45, 7) is 0. The first-order valence-corrected chi connectivity index (χ1v) is 7.04. The summed E-state index contributed by atoms with van der Waals surface area (Å²) in [5.74, 6) is -0.00991. The molecule has 2 rings (SSSR count).